The van der Waals surface area contributed by atoms with Gasteiger partial charge in [-0.15, -0.1) is 0 Å². The van der Waals surface area contributed by atoms with E-state index in [0.29, 0.717) is 13.2 Å². The third-order valence-corrected chi connectivity index (χ3v) is 6.08. The Balaban J connectivity index is 1.68. The van der Waals surface area contributed by atoms with Crippen LogP contribution in [0.5, 0.6) is 11.5 Å². The summed E-state index contributed by atoms with van der Waals surface area (Å²) in [6.45, 7) is 5.37. The standard InChI is InChI=1S/C30H26O2/c1-21-17-18-27-28(22(21)2)30(32-20-24-13-7-4-8-14-24)26-16-10-9-15-25(26)29(27)31-19-23-11-5-3-6-12-23/h3-18H,19-20H2,1-2H3. The van der Waals surface area contributed by atoms with Gasteiger partial charge >= 0.3 is 0 Å². The average Bonchev–Trinajstić information content (AvgIpc) is 2.85. The molecule has 0 unspecified atom stereocenters. The summed E-state index contributed by atoms with van der Waals surface area (Å²) in [7, 11) is 0. The molecule has 5 aromatic rings. The second-order valence-electron chi connectivity index (χ2n) is 8.18. The number of hydrogen-bond donors (Lipinski definition) is 0. The molecule has 5 aromatic carbocycles. The Hall–Kier alpha value is -3.78. The second kappa shape index (κ2) is 8.76. The van der Waals surface area contributed by atoms with Crippen molar-refractivity contribution in [2.24, 2.45) is 0 Å². The van der Waals surface area contributed by atoms with Gasteiger partial charge in [0.15, 0.2) is 0 Å². The van der Waals surface area contributed by atoms with E-state index >= 15 is 0 Å². The van der Waals surface area contributed by atoms with Crippen LogP contribution < -0.4 is 9.47 Å². The molecule has 0 aliphatic rings. The Morgan fingerprint density at radius 1 is 0.500 bits per heavy atom. The van der Waals surface area contributed by atoms with Crippen LogP contribution >= 0.6 is 0 Å². The Kier molecular flexibility index (Phi) is 5.51. The van der Waals surface area contributed by atoms with Gasteiger partial charge in [0.2, 0.25) is 0 Å². The third kappa shape index (κ3) is 3.80. The van der Waals surface area contributed by atoms with E-state index in [1.165, 1.54) is 11.1 Å². The number of fused-ring (bicyclic) bond motifs is 2. The summed E-state index contributed by atoms with van der Waals surface area (Å²) >= 11 is 0. The van der Waals surface area contributed by atoms with Crippen molar-refractivity contribution in [2.45, 2.75) is 27.1 Å². The first-order chi connectivity index (χ1) is 15.7. The minimum atomic E-state index is 0.525. The van der Waals surface area contributed by atoms with Gasteiger partial charge in [-0.1, -0.05) is 97.1 Å². The van der Waals surface area contributed by atoms with Gasteiger partial charge in [-0.3, -0.25) is 0 Å². The number of hydrogen-bond acceptors (Lipinski definition) is 2. The normalized spacial score (nSPS) is 11.1. The molecule has 158 valence electrons. The molecule has 0 heterocycles. The fraction of sp³-hybridized carbons (Fsp3) is 0.133. The highest BCUT2D eigenvalue weighted by molar-refractivity contribution is 6.12. The van der Waals surface area contributed by atoms with E-state index in [1.807, 2.05) is 36.4 Å². The molecule has 0 aliphatic carbocycles. The molecule has 5 rings (SSSR count). The molecule has 0 atom stereocenters. The van der Waals surface area contributed by atoms with Crippen LogP contribution in [0.15, 0.2) is 97.1 Å². The van der Waals surface area contributed by atoms with E-state index in [2.05, 4.69) is 74.5 Å². The first-order valence-electron chi connectivity index (χ1n) is 11.0. The van der Waals surface area contributed by atoms with Crippen LogP contribution in [0.2, 0.25) is 0 Å². The Bertz CT molecular complexity index is 1370. The number of rotatable bonds is 6. The fourth-order valence-corrected chi connectivity index (χ4v) is 4.22. The third-order valence-electron chi connectivity index (χ3n) is 6.08. The Morgan fingerprint density at radius 2 is 1.00 bits per heavy atom. The second-order valence-corrected chi connectivity index (χ2v) is 8.18. The van der Waals surface area contributed by atoms with E-state index in [1.54, 1.807) is 0 Å². The van der Waals surface area contributed by atoms with Crippen LogP contribution in [0.1, 0.15) is 22.3 Å². The molecule has 0 aliphatic heterocycles. The first-order valence-corrected chi connectivity index (χ1v) is 11.0. The van der Waals surface area contributed by atoms with Crippen LogP contribution in [0, 0.1) is 13.8 Å². The van der Waals surface area contributed by atoms with Crippen molar-refractivity contribution in [1.82, 2.24) is 0 Å². The number of ether oxygens (including phenoxy) is 2. The molecular weight excluding hydrogens is 392 g/mol. The van der Waals surface area contributed by atoms with Crippen molar-refractivity contribution in [1.29, 1.82) is 0 Å². The van der Waals surface area contributed by atoms with Gasteiger partial charge in [-0.05, 0) is 36.1 Å². The molecule has 0 aromatic heterocycles. The van der Waals surface area contributed by atoms with Gasteiger partial charge in [0.1, 0.15) is 24.7 Å². The van der Waals surface area contributed by atoms with E-state index in [9.17, 15) is 0 Å². The number of aryl methyl sites for hydroxylation is 2. The van der Waals surface area contributed by atoms with E-state index < -0.39 is 0 Å². The highest BCUT2D eigenvalue weighted by atomic mass is 16.5. The SMILES string of the molecule is Cc1ccc2c(OCc3ccccc3)c3ccccc3c(OCc3ccccc3)c2c1C. The van der Waals surface area contributed by atoms with Crippen molar-refractivity contribution in [2.75, 3.05) is 0 Å². The minimum Gasteiger partial charge on any atom is -0.488 e. The molecule has 0 saturated heterocycles. The molecule has 2 nitrogen and oxygen atoms in total. The molecule has 0 spiro atoms. The summed E-state index contributed by atoms with van der Waals surface area (Å²) < 4.78 is 13.0. The molecule has 32 heavy (non-hydrogen) atoms. The lowest BCUT2D eigenvalue weighted by Gasteiger charge is -2.20. The maximum absolute atomic E-state index is 6.52. The molecular formula is C30H26O2. The van der Waals surface area contributed by atoms with E-state index in [0.717, 1.165) is 44.2 Å². The van der Waals surface area contributed by atoms with Gasteiger partial charge in [-0.2, -0.15) is 0 Å². The number of benzene rings is 5. The lowest BCUT2D eigenvalue weighted by molar-refractivity contribution is 0.308. The van der Waals surface area contributed by atoms with Gasteiger partial charge in [0.05, 0.1) is 0 Å². The van der Waals surface area contributed by atoms with E-state index in [-0.39, 0.29) is 0 Å². The van der Waals surface area contributed by atoms with E-state index in [4.69, 9.17) is 9.47 Å². The molecule has 0 bridgehead atoms. The summed E-state index contributed by atoms with van der Waals surface area (Å²) in [5.74, 6) is 1.84. The van der Waals surface area contributed by atoms with Gasteiger partial charge < -0.3 is 9.47 Å². The summed E-state index contributed by atoms with van der Waals surface area (Å²) in [5, 5.41) is 4.36. The summed E-state index contributed by atoms with van der Waals surface area (Å²) in [6, 6.07) is 33.3. The van der Waals surface area contributed by atoms with Crippen LogP contribution in [-0.2, 0) is 13.2 Å². The summed E-state index contributed by atoms with van der Waals surface area (Å²) in [6.07, 6.45) is 0. The first kappa shape index (κ1) is 20.1. The Labute approximate surface area is 189 Å². The zero-order valence-electron chi connectivity index (χ0n) is 18.5. The van der Waals surface area contributed by atoms with Crippen molar-refractivity contribution in [3.63, 3.8) is 0 Å². The summed E-state index contributed by atoms with van der Waals surface area (Å²) in [4.78, 5) is 0. The highest BCUT2D eigenvalue weighted by Crippen LogP contribution is 2.45. The van der Waals surface area contributed by atoms with Crippen LogP contribution in [-0.4, -0.2) is 0 Å². The Morgan fingerprint density at radius 3 is 1.59 bits per heavy atom. The molecule has 2 heteroatoms. The fourth-order valence-electron chi connectivity index (χ4n) is 4.22. The molecule has 0 fully saturated rings. The molecule has 0 radical (unpaired) electrons. The molecule has 0 amide bonds. The smallest absolute Gasteiger partial charge is 0.136 e. The van der Waals surface area contributed by atoms with Gasteiger partial charge in [-0.25, -0.2) is 0 Å². The zero-order chi connectivity index (χ0) is 21.9. The van der Waals surface area contributed by atoms with Gasteiger partial charge in [0, 0.05) is 21.5 Å². The average molecular weight is 419 g/mol. The van der Waals surface area contributed by atoms with Gasteiger partial charge in [0.25, 0.3) is 0 Å². The van der Waals surface area contributed by atoms with Crippen LogP contribution in [0.25, 0.3) is 21.5 Å². The molecule has 0 saturated carbocycles. The maximum Gasteiger partial charge on any atom is 0.136 e. The van der Waals surface area contributed by atoms with Crippen molar-refractivity contribution in [3.8, 4) is 11.5 Å². The quantitative estimate of drug-likeness (QED) is 0.262. The predicted octanol–water partition coefficient (Wildman–Crippen LogP) is 7.77. The van der Waals surface area contributed by atoms with Crippen molar-refractivity contribution >= 4 is 21.5 Å². The van der Waals surface area contributed by atoms with Crippen molar-refractivity contribution < 1.29 is 9.47 Å². The van der Waals surface area contributed by atoms with Crippen LogP contribution in [0.3, 0.4) is 0 Å². The van der Waals surface area contributed by atoms with Crippen LogP contribution in [0.4, 0.5) is 0 Å². The minimum absolute atomic E-state index is 0.525. The summed E-state index contributed by atoms with van der Waals surface area (Å²) in [5.41, 5.74) is 4.77. The van der Waals surface area contributed by atoms with Crippen molar-refractivity contribution in [3.05, 3.63) is 119 Å². The largest absolute Gasteiger partial charge is 0.488 e. The lowest BCUT2D eigenvalue weighted by atomic mass is 9.95. The molecule has 0 N–H and O–H groups in total. The maximum atomic E-state index is 6.52. The predicted molar refractivity (Wildman–Crippen MR) is 132 cm³/mol. The lowest BCUT2D eigenvalue weighted by Crippen LogP contribution is -2.02. The monoisotopic (exact) mass is 418 g/mol. The highest BCUT2D eigenvalue weighted by Gasteiger charge is 2.18. The topological polar surface area (TPSA) is 18.5 Å². The zero-order valence-corrected chi connectivity index (χ0v) is 18.5.